The number of carbonyl (C=O) groups excluding carboxylic acids is 17. The molecule has 0 saturated carbocycles. The van der Waals surface area contributed by atoms with Gasteiger partial charge in [-0.2, -0.15) is 0 Å². The Kier molecular flexibility index (Phi) is 53.0. The number of fused-ring (bicyclic) bond motifs is 5. The highest BCUT2D eigenvalue weighted by Crippen LogP contribution is 2.32. The maximum absolute atomic E-state index is 15.0. The summed E-state index contributed by atoms with van der Waals surface area (Å²) >= 11 is 2.12. The Morgan fingerprint density at radius 3 is 1.46 bits per heavy atom. The second kappa shape index (κ2) is 63.0. The standard InChI is InChI=1S/C91H134N20O32S2/c92-23-5-1-11-48(78(131)105-59(40-76(127)128)68(117)35-51(38-74(123)124)81(134)106-60(41-77(129)130)69(118)34-50(37-73(121)122)79(132)103-57(90(142)143)14-4-8-26-95)32-67(116)58(29-46-17-19-53(114)20-18-46)104-80(133)52(39-75(125)126)36-70(119)62(42-112)108-84(137)61-30-47-31-71(144-44-47)88-110-64(45-145-88)86(139)101-55(13-3-7-25-94)82(135)100-54(21-22-72(96)120)66(115)33-49(12-2-6-24-93)89(141)111-28-10-16-65(111)87(140)102-56(15-9-27-99-91(97)98)83(136)109-63(43-113)85(138)107-61/h17-20,31,44,48-52,54-65,112-114H,1-16,21-30,32-43,45,92-95H2,(H2,96,120)(H,100,135)(H,101,139)(H,102,140)(H,103,132)(H,104,133)(H,105,131)(H,106,134)(H,107,138)(H,108,137)(H,109,136)(H,121,122)(H,123,124)(H,125,126)(H,127,128)(H,129,130)(H,142,143)(H4,97,98,99)/t48-,49-,50+,51+,52+,54+,55+,56+,57+,58+,59+,60+,61+,62+,63+,64+,65?/m1/s1. The predicted molar refractivity (Wildman–Crippen MR) is 515 cm³/mol. The van der Waals surface area contributed by atoms with Gasteiger partial charge in [0.25, 0.3) is 0 Å². The van der Waals surface area contributed by atoms with Crippen LogP contribution in [0.25, 0.3) is 0 Å². The fraction of sp³-hybridized carbons (Fsp3) is 0.615. The molecule has 1 aromatic heterocycles. The number of benzene rings is 1. The first-order valence-corrected chi connectivity index (χ1v) is 49.3. The van der Waals surface area contributed by atoms with Crippen LogP contribution in [0.3, 0.4) is 0 Å². The lowest BCUT2D eigenvalue weighted by Crippen LogP contribution is -2.60. The second-order valence-electron chi connectivity index (χ2n) is 35.6. The largest absolute Gasteiger partial charge is 0.508 e. The lowest BCUT2D eigenvalue weighted by atomic mass is 9.88. The number of hydrogen-bond acceptors (Lipinski definition) is 34. The number of nitrogens with one attached hydrogen (secondary N) is 12. The van der Waals surface area contributed by atoms with Crippen LogP contribution in [0.15, 0.2) is 40.7 Å². The van der Waals surface area contributed by atoms with E-state index in [2.05, 4.69) is 58.2 Å². The number of carbonyl (C=O) groups is 23. The van der Waals surface area contributed by atoms with Gasteiger partial charge >= 0.3 is 35.8 Å². The number of aliphatic hydroxyl groups excluding tert-OH is 2. The fourth-order valence-electron chi connectivity index (χ4n) is 16.3. The summed E-state index contributed by atoms with van der Waals surface area (Å²) in [6, 6.07) is -14.4. The third-order valence-electron chi connectivity index (χ3n) is 24.2. The molecule has 1 fully saturated rings. The van der Waals surface area contributed by atoms with Gasteiger partial charge in [0.15, 0.2) is 34.9 Å². The summed E-state index contributed by atoms with van der Waals surface area (Å²) in [7, 11) is 0. The number of phenolic OH excluding ortho intramolecular Hbond substituents is 1. The molecule has 5 rings (SSSR count). The Labute approximate surface area is 840 Å². The number of primary amides is 1. The number of carboxylic acids is 6. The van der Waals surface area contributed by atoms with E-state index in [9.17, 15) is 147 Å². The van der Waals surface area contributed by atoms with Gasteiger partial charge in [0.2, 0.25) is 70.9 Å². The molecule has 12 amide bonds. The van der Waals surface area contributed by atoms with Gasteiger partial charge in [-0.15, -0.1) is 23.1 Å². The summed E-state index contributed by atoms with van der Waals surface area (Å²) in [5.41, 5.74) is 34.4. The Morgan fingerprint density at radius 2 is 0.952 bits per heavy atom. The second-order valence-corrected chi connectivity index (χ2v) is 37.5. The Morgan fingerprint density at radius 1 is 0.490 bits per heavy atom. The summed E-state index contributed by atoms with van der Waals surface area (Å²) < 4.78 is 0. The van der Waals surface area contributed by atoms with E-state index in [0.29, 0.717) is 37.0 Å². The van der Waals surface area contributed by atoms with E-state index < -0.39 is 340 Å². The van der Waals surface area contributed by atoms with E-state index >= 15 is 9.59 Å². The molecule has 54 heteroatoms. The van der Waals surface area contributed by atoms with Gasteiger partial charge in [-0.3, -0.25) is 116 Å². The number of rotatable bonds is 60. The molecule has 52 nitrogen and oxygen atoms in total. The molecule has 3 aliphatic heterocycles. The summed E-state index contributed by atoms with van der Waals surface area (Å²) in [5.74, 6) is -39.0. The fourth-order valence-corrected chi connectivity index (χ4v) is 18.4. The molecule has 0 spiro atoms. The molecule has 1 aromatic carbocycles. The first kappa shape index (κ1) is 122. The van der Waals surface area contributed by atoms with E-state index in [1.165, 1.54) is 40.6 Å². The van der Waals surface area contributed by atoms with Crippen LogP contribution in [0.4, 0.5) is 0 Å². The average molecular weight is 2080 g/mol. The molecule has 3 aliphatic rings. The first-order chi connectivity index (χ1) is 68.7. The molecule has 2 aromatic rings. The van der Waals surface area contributed by atoms with Crippen molar-refractivity contribution in [1.29, 1.82) is 5.41 Å². The Hall–Kier alpha value is -13.4. The van der Waals surface area contributed by atoms with Crippen LogP contribution < -0.4 is 92.9 Å². The number of Topliss-reactive ketones (excluding diaryl/α,β-unsaturated/α-hetero) is 5. The van der Waals surface area contributed by atoms with E-state index in [0.717, 1.165) is 23.1 Å². The van der Waals surface area contributed by atoms with Crippen molar-refractivity contribution in [2.24, 2.45) is 69.0 Å². The normalized spacial score (nSPS) is 20.0. The van der Waals surface area contributed by atoms with Crippen LogP contribution >= 0.6 is 23.1 Å². The highest BCUT2D eigenvalue weighted by molar-refractivity contribution is 8.15. The van der Waals surface area contributed by atoms with E-state index in [4.69, 9.17) is 39.8 Å². The van der Waals surface area contributed by atoms with Gasteiger partial charge in [-0.1, -0.05) is 25.0 Å². The number of aromatic hydroxyl groups is 1. The Balaban J connectivity index is 1.52. The van der Waals surface area contributed by atoms with Crippen molar-refractivity contribution in [3.8, 4) is 5.75 Å². The number of aliphatic imine (C=N–C) groups is 1. The predicted octanol–water partition coefficient (Wildman–Crippen LogP) is -5.68. The molecule has 4 heterocycles. The summed E-state index contributed by atoms with van der Waals surface area (Å²) in [4.78, 5) is 325. The van der Waals surface area contributed by atoms with Crippen molar-refractivity contribution < 1.29 is 156 Å². The smallest absolute Gasteiger partial charge is 0.326 e. The van der Waals surface area contributed by atoms with Crippen LogP contribution in [-0.2, 0) is 123 Å². The summed E-state index contributed by atoms with van der Waals surface area (Å²) in [6.45, 7) is -2.15. The number of ketones is 5. The molecular weight excluding hydrogens is 1950 g/mol. The minimum Gasteiger partial charge on any atom is -0.508 e. The summed E-state index contributed by atoms with van der Waals surface area (Å²) in [5, 5.41) is 128. The van der Waals surface area contributed by atoms with E-state index in [1.807, 2.05) is 5.32 Å². The highest BCUT2D eigenvalue weighted by Gasteiger charge is 2.44. The summed E-state index contributed by atoms with van der Waals surface area (Å²) in [6.07, 6.45) is -11.8. The molecule has 17 atom stereocenters. The first-order valence-electron chi connectivity index (χ1n) is 47.5. The van der Waals surface area contributed by atoms with Gasteiger partial charge in [0, 0.05) is 75.6 Å². The van der Waals surface area contributed by atoms with E-state index in [1.54, 1.807) is 0 Å². The zero-order valence-corrected chi connectivity index (χ0v) is 81.6. The van der Waals surface area contributed by atoms with Gasteiger partial charge in [0.1, 0.15) is 59.1 Å². The molecular formula is C91H134N20O32S2. The van der Waals surface area contributed by atoms with Crippen molar-refractivity contribution in [2.75, 3.05) is 58.2 Å². The maximum atomic E-state index is 15.0. The number of thiophene rings is 1. The van der Waals surface area contributed by atoms with Gasteiger partial charge in [-0.25, -0.2) is 4.79 Å². The van der Waals surface area contributed by atoms with Crippen molar-refractivity contribution in [1.82, 2.24) is 63.4 Å². The quantitative estimate of drug-likeness (QED) is 0.0167. The number of aliphatic carboxylic acids is 6. The van der Waals surface area contributed by atoms with Crippen LogP contribution in [0.5, 0.6) is 5.75 Å². The number of thioether (sulfide) groups is 1. The number of amides is 12. The molecule has 0 aliphatic carbocycles. The number of aliphatic hydroxyl groups is 2. The monoisotopic (exact) mass is 2080 g/mol. The third kappa shape index (κ3) is 42.8. The van der Waals surface area contributed by atoms with E-state index in [-0.39, 0.29) is 144 Å². The van der Waals surface area contributed by atoms with Crippen LogP contribution in [0.1, 0.15) is 196 Å². The van der Waals surface area contributed by atoms with Crippen LogP contribution in [-0.4, -0.2) is 328 Å². The number of hydrogen-bond donors (Lipinski definition) is 27. The molecule has 1 unspecified atom stereocenters. The molecule has 0 radical (unpaired) electrons. The Bertz CT molecular complexity index is 4950. The van der Waals surface area contributed by atoms with Crippen LogP contribution in [0, 0.1) is 35.0 Å². The molecule has 145 heavy (non-hydrogen) atoms. The van der Waals surface area contributed by atoms with Crippen molar-refractivity contribution in [3.63, 3.8) is 0 Å². The molecule has 1 saturated heterocycles. The number of guanidine groups is 1. The van der Waals surface area contributed by atoms with Crippen molar-refractivity contribution >= 4 is 170 Å². The van der Waals surface area contributed by atoms with Gasteiger partial charge in [-0.05, 0) is 164 Å². The number of unbranched alkanes of at least 4 members (excludes halogenated alkanes) is 4. The van der Waals surface area contributed by atoms with Gasteiger partial charge in [0.05, 0.1) is 92.1 Å². The van der Waals surface area contributed by atoms with Gasteiger partial charge < -0.3 is 144 Å². The van der Waals surface area contributed by atoms with Crippen LogP contribution in [0.2, 0.25) is 0 Å². The minimum atomic E-state index is -2.21. The lowest BCUT2D eigenvalue weighted by Gasteiger charge is -2.30. The molecule has 4 bridgehead atoms. The zero-order chi connectivity index (χ0) is 108. The third-order valence-corrected chi connectivity index (χ3v) is 26.4. The maximum Gasteiger partial charge on any atom is 0.326 e. The van der Waals surface area contributed by atoms with Crippen molar-refractivity contribution in [2.45, 2.75) is 265 Å². The topological polar surface area (TPSA) is 903 Å². The minimum absolute atomic E-state index is 0.00339. The number of phenols is 1. The highest BCUT2D eigenvalue weighted by atomic mass is 32.2. The zero-order valence-electron chi connectivity index (χ0n) is 79.9. The number of carboxylic acid groups (broad SMARTS) is 6. The average Bonchev–Trinajstić information content (AvgIpc) is 1.71. The number of nitrogens with zero attached hydrogens (tertiary/aromatic N) is 2. The lowest BCUT2D eigenvalue weighted by molar-refractivity contribution is -0.146. The molecule has 33 N–H and O–H groups in total. The van der Waals surface area contributed by atoms with Crippen molar-refractivity contribution in [3.05, 3.63) is 51.7 Å². The number of nitrogens with two attached hydrogens (primary N) is 6. The molecule has 802 valence electrons. The SMILES string of the molecule is N=C(N)NCCC[C@@H]1NC(=O)C2CCCN2C(=O)[C@H](CCCCN)CC(=O)[C@H](CCC(N)=O)NC(=O)[C@H](CCCCN)NC(=O)[C@@H]2CSC(=N2)c2cc(cs2)C[C@@H](C(=O)N[C@@H](CO)C(=O)C[C@@H](CC(=O)O)C(=O)N[C@@H](Cc2ccc(O)cc2)C(=O)C[C@@H](CCCCN)C(=O)N[C@@H](CC(=O)O)C(=O)C[C@@H](CC(=O)O)C(=O)N[C@@H](CC(=O)O)C(=O)C[C@@H](CC(=O)O)C(=O)N[C@@H](CCCCN)C(=O)O)NC(=O)[C@H](CO)NC1=O.